The molecule has 0 spiro atoms. The highest BCUT2D eigenvalue weighted by Gasteiger charge is 2.47. The van der Waals surface area contributed by atoms with E-state index in [1.807, 2.05) is 18.2 Å². The number of aldehydes is 1. The number of carbonyl (C=O) groups excluding carboxylic acids is 1. The summed E-state index contributed by atoms with van der Waals surface area (Å²) in [5.74, 6) is 0. The van der Waals surface area contributed by atoms with Gasteiger partial charge < -0.3 is 15.1 Å². The van der Waals surface area contributed by atoms with Gasteiger partial charge in [-0.15, -0.1) is 0 Å². The van der Waals surface area contributed by atoms with Gasteiger partial charge in [-0.3, -0.25) is 0 Å². The summed E-state index contributed by atoms with van der Waals surface area (Å²) in [7, 11) is 0. The van der Waals surface area contributed by atoms with Gasteiger partial charge in [0.05, 0.1) is 6.04 Å². The maximum absolute atomic E-state index is 11.6. The van der Waals surface area contributed by atoms with Gasteiger partial charge in [0.2, 0.25) is 0 Å². The van der Waals surface area contributed by atoms with Crippen LogP contribution >= 0.6 is 11.6 Å². The van der Waals surface area contributed by atoms with Gasteiger partial charge in [-0.05, 0) is 49.6 Å². The number of halogens is 1. The summed E-state index contributed by atoms with van der Waals surface area (Å²) >= 11 is 6.12. The molecule has 4 heteroatoms. The molecule has 3 nitrogen and oxygen atoms in total. The number of fused-ring (bicyclic) bond motifs is 3. The van der Waals surface area contributed by atoms with Crippen molar-refractivity contribution in [2.75, 3.05) is 6.54 Å². The second-order valence-electron chi connectivity index (χ2n) is 6.05. The Hall–Kier alpha value is -1.32. The van der Waals surface area contributed by atoms with Crippen LogP contribution in [0, 0.1) is 5.41 Å². The normalized spacial score (nSPS) is 24.1. The van der Waals surface area contributed by atoms with E-state index in [4.69, 9.17) is 11.6 Å². The lowest BCUT2D eigenvalue weighted by Gasteiger charge is -2.45. The maximum atomic E-state index is 11.6. The van der Waals surface area contributed by atoms with E-state index in [2.05, 4.69) is 10.3 Å². The highest BCUT2D eigenvalue weighted by atomic mass is 35.5. The summed E-state index contributed by atoms with van der Waals surface area (Å²) in [6.07, 6.45) is 5.29. The fourth-order valence-electron chi connectivity index (χ4n) is 3.75. The zero-order chi connectivity index (χ0) is 13.7. The predicted molar refractivity (Wildman–Crippen MR) is 80.1 cm³/mol. The highest BCUT2D eigenvalue weighted by Crippen LogP contribution is 2.50. The summed E-state index contributed by atoms with van der Waals surface area (Å²) in [4.78, 5) is 15.1. The van der Waals surface area contributed by atoms with E-state index < -0.39 is 0 Å². The van der Waals surface area contributed by atoms with Crippen molar-refractivity contribution in [1.82, 2.24) is 10.3 Å². The van der Waals surface area contributed by atoms with E-state index >= 15 is 0 Å². The van der Waals surface area contributed by atoms with E-state index in [0.29, 0.717) is 0 Å². The molecule has 1 atom stereocenters. The molecular weight excluding hydrogens is 272 g/mol. The zero-order valence-corrected chi connectivity index (χ0v) is 12.0. The second kappa shape index (κ2) is 4.34. The lowest BCUT2D eigenvalue weighted by Crippen LogP contribution is -2.47. The molecule has 1 unspecified atom stereocenters. The van der Waals surface area contributed by atoms with Gasteiger partial charge in [-0.25, -0.2) is 0 Å². The first-order chi connectivity index (χ1) is 9.73. The third-order valence-electron chi connectivity index (χ3n) is 5.01. The van der Waals surface area contributed by atoms with Crippen LogP contribution in [0.2, 0.25) is 5.02 Å². The van der Waals surface area contributed by atoms with Crippen molar-refractivity contribution >= 4 is 28.8 Å². The van der Waals surface area contributed by atoms with E-state index in [9.17, 15) is 4.79 Å². The third kappa shape index (κ3) is 1.60. The first kappa shape index (κ1) is 12.4. The van der Waals surface area contributed by atoms with Crippen LogP contribution in [0.5, 0.6) is 0 Å². The zero-order valence-electron chi connectivity index (χ0n) is 11.2. The van der Waals surface area contributed by atoms with Crippen molar-refractivity contribution in [2.45, 2.75) is 31.7 Å². The van der Waals surface area contributed by atoms with E-state index in [1.165, 1.54) is 22.9 Å². The van der Waals surface area contributed by atoms with Crippen LogP contribution in [-0.4, -0.2) is 17.8 Å². The van der Waals surface area contributed by atoms with E-state index in [-0.39, 0.29) is 11.5 Å². The Morgan fingerprint density at radius 2 is 2.20 bits per heavy atom. The minimum absolute atomic E-state index is 0.128. The fraction of sp³-hybridized carbons (Fsp3) is 0.438. The SMILES string of the molecule is O=CC1(C2NCCc3c2[nH]c2ccc(Cl)cc32)CCC1. The molecule has 20 heavy (non-hydrogen) atoms. The number of aromatic nitrogens is 1. The van der Waals surface area contributed by atoms with Gasteiger partial charge in [-0.1, -0.05) is 18.0 Å². The monoisotopic (exact) mass is 288 g/mol. The van der Waals surface area contributed by atoms with Gasteiger partial charge in [0.1, 0.15) is 6.29 Å². The molecule has 1 aliphatic heterocycles. The van der Waals surface area contributed by atoms with Gasteiger partial charge >= 0.3 is 0 Å². The first-order valence-electron chi connectivity index (χ1n) is 7.23. The van der Waals surface area contributed by atoms with Crippen molar-refractivity contribution in [3.8, 4) is 0 Å². The molecule has 1 saturated carbocycles. The molecule has 2 heterocycles. The number of H-pyrrole nitrogens is 1. The summed E-state index contributed by atoms with van der Waals surface area (Å²) in [5, 5.41) is 5.52. The average Bonchev–Trinajstić information content (AvgIpc) is 2.77. The predicted octanol–water partition coefficient (Wildman–Crippen LogP) is 3.38. The Morgan fingerprint density at radius 3 is 2.90 bits per heavy atom. The van der Waals surface area contributed by atoms with Crippen LogP contribution in [0.1, 0.15) is 36.6 Å². The summed E-state index contributed by atoms with van der Waals surface area (Å²) < 4.78 is 0. The number of carbonyl (C=O) groups is 1. The Kier molecular flexibility index (Phi) is 2.69. The molecule has 2 aliphatic rings. The number of benzene rings is 1. The van der Waals surface area contributed by atoms with Crippen LogP contribution in [0.3, 0.4) is 0 Å². The number of nitrogens with one attached hydrogen (secondary N) is 2. The topological polar surface area (TPSA) is 44.9 Å². The van der Waals surface area contributed by atoms with Crippen LogP contribution in [-0.2, 0) is 11.2 Å². The lowest BCUT2D eigenvalue weighted by atomic mass is 9.63. The Morgan fingerprint density at radius 1 is 1.35 bits per heavy atom. The smallest absolute Gasteiger partial charge is 0.128 e. The molecule has 1 fully saturated rings. The number of hydrogen-bond donors (Lipinski definition) is 2. The van der Waals surface area contributed by atoms with Crippen molar-refractivity contribution in [3.05, 3.63) is 34.5 Å². The molecule has 1 aromatic carbocycles. The van der Waals surface area contributed by atoms with Crippen LogP contribution in [0.25, 0.3) is 10.9 Å². The molecular formula is C16H17ClN2O. The van der Waals surface area contributed by atoms with Gasteiger partial charge in [0.15, 0.2) is 0 Å². The first-order valence-corrected chi connectivity index (χ1v) is 7.61. The molecule has 4 rings (SSSR count). The summed E-state index contributed by atoms with van der Waals surface area (Å²) in [6, 6.07) is 6.10. The minimum atomic E-state index is -0.208. The van der Waals surface area contributed by atoms with Crippen molar-refractivity contribution in [2.24, 2.45) is 5.41 Å². The minimum Gasteiger partial charge on any atom is -0.357 e. The molecule has 104 valence electrons. The van der Waals surface area contributed by atoms with Crippen molar-refractivity contribution < 1.29 is 4.79 Å². The van der Waals surface area contributed by atoms with Crippen LogP contribution in [0.15, 0.2) is 18.2 Å². The fourth-order valence-corrected chi connectivity index (χ4v) is 3.92. The third-order valence-corrected chi connectivity index (χ3v) is 5.24. The van der Waals surface area contributed by atoms with Crippen molar-refractivity contribution in [1.29, 1.82) is 0 Å². The van der Waals surface area contributed by atoms with Gasteiger partial charge in [-0.2, -0.15) is 0 Å². The van der Waals surface area contributed by atoms with Crippen LogP contribution < -0.4 is 5.32 Å². The molecule has 0 amide bonds. The Balaban J connectivity index is 1.89. The lowest BCUT2D eigenvalue weighted by molar-refractivity contribution is -0.123. The van der Waals surface area contributed by atoms with Crippen molar-refractivity contribution in [3.63, 3.8) is 0 Å². The number of hydrogen-bond acceptors (Lipinski definition) is 2. The second-order valence-corrected chi connectivity index (χ2v) is 6.49. The maximum Gasteiger partial charge on any atom is 0.128 e. The summed E-state index contributed by atoms with van der Waals surface area (Å²) in [5.41, 5.74) is 3.44. The van der Waals surface area contributed by atoms with E-state index in [1.54, 1.807) is 0 Å². The molecule has 2 N–H and O–H groups in total. The van der Waals surface area contributed by atoms with Gasteiger partial charge in [0.25, 0.3) is 0 Å². The standard InChI is InChI=1S/C16H17ClN2O/c17-10-2-3-13-12(8-10)11-4-7-18-15(14(11)19-13)16(9-20)5-1-6-16/h2-3,8-9,15,18-19H,1,4-7H2. The molecule has 0 bridgehead atoms. The number of aromatic amines is 1. The van der Waals surface area contributed by atoms with Crippen LogP contribution in [0.4, 0.5) is 0 Å². The van der Waals surface area contributed by atoms with E-state index in [0.717, 1.165) is 42.8 Å². The molecule has 1 aliphatic carbocycles. The average molecular weight is 289 g/mol. The molecule has 1 aromatic heterocycles. The molecule has 0 radical (unpaired) electrons. The highest BCUT2D eigenvalue weighted by molar-refractivity contribution is 6.31. The molecule has 0 saturated heterocycles. The summed E-state index contributed by atoms with van der Waals surface area (Å²) in [6.45, 7) is 0.923. The van der Waals surface area contributed by atoms with Gasteiger partial charge in [0, 0.05) is 27.0 Å². The largest absolute Gasteiger partial charge is 0.357 e. The molecule has 2 aromatic rings. The Labute approximate surface area is 122 Å². The number of rotatable bonds is 2. The quantitative estimate of drug-likeness (QED) is 0.832. The Bertz CT molecular complexity index is 687.